The first kappa shape index (κ1) is 53.5. The van der Waals surface area contributed by atoms with Crippen molar-refractivity contribution in [2.24, 2.45) is 0 Å². The zero-order chi connectivity index (χ0) is 57.5. The molecule has 4 aliphatic rings. The molecule has 2 aliphatic heterocycles. The molecule has 6 nitrogen and oxygen atoms in total. The maximum absolute atomic E-state index is 16.3. The number of rotatable bonds is 10. The van der Waals surface area contributed by atoms with Crippen molar-refractivity contribution in [3.8, 4) is 51.3 Å². The molecule has 0 amide bonds. The highest BCUT2D eigenvalue weighted by molar-refractivity contribution is 5.83. The number of ether oxygens (including phenoxy) is 2. The van der Waals surface area contributed by atoms with Crippen LogP contribution in [0.1, 0.15) is 73.8 Å². The second kappa shape index (κ2) is 21.4. The molecule has 2 heterocycles. The maximum Gasteiger partial charge on any atom is 0.437 e. The Kier molecular flexibility index (Phi) is 13.8. The molecule has 1 spiro atoms. The van der Waals surface area contributed by atoms with Crippen molar-refractivity contribution < 1.29 is 22.6 Å². The first-order chi connectivity index (χ1) is 40.3. The molecule has 404 valence electrons. The predicted octanol–water partition coefficient (Wildman–Crippen LogP) is 19.0. The number of fused-ring (bicyclic) bond motifs is 6. The van der Waals surface area contributed by atoms with Crippen LogP contribution in [0.5, 0.6) is 5.75 Å². The average molecular weight is 1090 g/mol. The highest BCUT2D eigenvalue weighted by atomic mass is 19.4. The fourth-order valence-electron chi connectivity index (χ4n) is 13.1. The zero-order valence-electron chi connectivity index (χ0n) is 46.0. The first-order valence-corrected chi connectivity index (χ1v) is 27.7. The van der Waals surface area contributed by atoms with Crippen LogP contribution in [0.25, 0.3) is 44.3 Å². The molecule has 9 heteroatoms. The van der Waals surface area contributed by atoms with Gasteiger partial charge in [-0.25, -0.2) is 10.1 Å². The third-order valence-corrected chi connectivity index (χ3v) is 16.7. The molecule has 8 aromatic rings. The minimum Gasteiger partial charge on any atom is -0.477 e. The van der Waals surface area contributed by atoms with Crippen molar-refractivity contribution in [1.29, 1.82) is 10.5 Å². The van der Waals surface area contributed by atoms with Crippen molar-refractivity contribution >= 4 is 17.5 Å². The Labute approximate surface area is 482 Å². The summed E-state index contributed by atoms with van der Waals surface area (Å²) in [6.45, 7) is 14.7. The summed E-state index contributed by atoms with van der Waals surface area (Å²) in [6.07, 6.45) is 5.42. The van der Waals surface area contributed by atoms with Gasteiger partial charge in [0.2, 0.25) is 0 Å². The van der Waals surface area contributed by atoms with Crippen LogP contribution in [-0.2, 0) is 15.8 Å². The number of allylic oxidation sites excluding steroid dienone is 7. The number of halogens is 3. The van der Waals surface area contributed by atoms with Gasteiger partial charge < -0.3 is 14.4 Å². The number of anilines is 2. The van der Waals surface area contributed by atoms with Crippen molar-refractivity contribution in [1.82, 2.24) is 0 Å². The molecule has 0 fully saturated rings. The lowest BCUT2D eigenvalue weighted by molar-refractivity contribution is -0.249. The lowest BCUT2D eigenvalue weighted by Gasteiger charge is -2.47. The van der Waals surface area contributed by atoms with E-state index in [2.05, 4.69) is 134 Å². The lowest BCUT2D eigenvalue weighted by Crippen LogP contribution is -2.45. The van der Waals surface area contributed by atoms with Gasteiger partial charge in [0.25, 0.3) is 5.60 Å². The third-order valence-electron chi connectivity index (χ3n) is 16.7. The monoisotopic (exact) mass is 1090 g/mol. The first-order valence-electron chi connectivity index (χ1n) is 27.7. The van der Waals surface area contributed by atoms with E-state index < -0.39 is 39.8 Å². The highest BCUT2D eigenvalue weighted by Gasteiger charge is 2.65. The standard InChI is InChI=1S/C74H55F3N4O2/c1-49-44-71(2,3)81(58-40-36-54(37-41-58)52-21-10-6-11-22-52)68-42-32-50(43-62(49)68)31-33-56-46-72(64-28-16-14-26-60(64)61-27-15-17-29-65(61)72)45-55(69(56)82-59-24-12-7-13-25-59)23-18-30-66-63(47-78)70(67(48-79)80-4)83-73(66,74(75,76)77)57-38-34-53(35-39-57)51-19-8-5-9-20-51/h5-43,49H,44-46H2,1-3H3/b30-18+,33-31+,55-23+,70-67-. The van der Waals surface area contributed by atoms with Crippen molar-refractivity contribution in [2.45, 2.75) is 68.7 Å². The van der Waals surface area contributed by atoms with E-state index in [1.165, 1.54) is 35.4 Å². The molecule has 83 heavy (non-hydrogen) atoms. The normalized spacial score (nSPS) is 19.7. The number of para-hydroxylation sites is 1. The van der Waals surface area contributed by atoms with E-state index in [0.717, 1.165) is 62.3 Å². The topological polar surface area (TPSA) is 73.6 Å². The zero-order valence-corrected chi connectivity index (χ0v) is 46.0. The van der Waals surface area contributed by atoms with Crippen LogP contribution < -0.4 is 9.64 Å². The Morgan fingerprint density at radius 3 is 1.83 bits per heavy atom. The Balaban J connectivity index is 1.01. The minimum absolute atomic E-state index is 0.176. The van der Waals surface area contributed by atoms with Gasteiger partial charge in [-0.3, -0.25) is 0 Å². The molecule has 12 rings (SSSR count). The second-order valence-electron chi connectivity index (χ2n) is 22.2. The van der Waals surface area contributed by atoms with Gasteiger partial charge in [0.15, 0.2) is 5.76 Å². The number of alkyl halides is 3. The van der Waals surface area contributed by atoms with Crippen LogP contribution in [0.15, 0.2) is 270 Å². The second-order valence-corrected chi connectivity index (χ2v) is 22.2. The quantitative estimate of drug-likeness (QED) is 0.101. The summed E-state index contributed by atoms with van der Waals surface area (Å²) in [4.78, 5) is 5.69. The van der Waals surface area contributed by atoms with Crippen molar-refractivity contribution in [2.75, 3.05) is 4.90 Å². The molecule has 0 saturated heterocycles. The maximum atomic E-state index is 16.3. The van der Waals surface area contributed by atoms with Gasteiger partial charge in [-0.2, -0.15) is 18.4 Å². The van der Waals surface area contributed by atoms with E-state index in [1.807, 2.05) is 97.1 Å². The SMILES string of the molecule is [C-]#[N+]/C(C#N)=C1\OC(c2ccc(-c3ccccc3)cc2)(C(F)(F)F)C(/C=C/C=C2\CC3(CC(/C=C/c4ccc5c(c4)C(C)CC(C)(C)N5c4ccc(-c5ccccc5)cc4)=C2Oc2ccccc2)c2ccccc2-c2ccccc23)=C1C#N. The van der Waals surface area contributed by atoms with Gasteiger partial charge in [-0.1, -0.05) is 207 Å². The molecule has 2 atom stereocenters. The summed E-state index contributed by atoms with van der Waals surface area (Å²) in [5, 5.41) is 20.9. The Bertz CT molecular complexity index is 4110. The molecular weight excluding hydrogens is 1030 g/mol. The third kappa shape index (κ3) is 9.43. The largest absolute Gasteiger partial charge is 0.477 e. The summed E-state index contributed by atoms with van der Waals surface area (Å²) in [5.74, 6) is 0.629. The summed E-state index contributed by atoms with van der Waals surface area (Å²) >= 11 is 0. The molecule has 2 aliphatic carbocycles. The van der Waals surface area contributed by atoms with Gasteiger partial charge in [-0.05, 0) is 142 Å². The average Bonchev–Trinajstić information content (AvgIpc) is 3.42. The van der Waals surface area contributed by atoms with Gasteiger partial charge in [-0.15, -0.1) is 0 Å². The highest BCUT2D eigenvalue weighted by Crippen LogP contribution is 2.59. The molecule has 0 N–H and O–H groups in total. The van der Waals surface area contributed by atoms with E-state index in [9.17, 15) is 10.5 Å². The molecule has 0 aromatic heterocycles. The van der Waals surface area contributed by atoms with Gasteiger partial charge in [0.05, 0.1) is 18.2 Å². The summed E-state index contributed by atoms with van der Waals surface area (Å²) < 4.78 is 61.9. The molecule has 0 saturated carbocycles. The predicted molar refractivity (Wildman–Crippen MR) is 322 cm³/mol. The van der Waals surface area contributed by atoms with Crippen molar-refractivity contribution in [3.63, 3.8) is 0 Å². The summed E-state index contributed by atoms with van der Waals surface area (Å²) in [7, 11) is 0. The molecule has 0 bridgehead atoms. The van der Waals surface area contributed by atoms with Crippen LogP contribution in [0.3, 0.4) is 0 Å². The number of hydrogen-bond donors (Lipinski definition) is 0. The van der Waals surface area contributed by atoms with Crippen LogP contribution in [0.4, 0.5) is 24.5 Å². The number of benzene rings is 8. The Hall–Kier alpha value is -10.1. The summed E-state index contributed by atoms with van der Waals surface area (Å²) in [5.41, 5.74) is 7.95. The van der Waals surface area contributed by atoms with Crippen molar-refractivity contribution in [3.05, 3.63) is 309 Å². The number of nitriles is 2. The summed E-state index contributed by atoms with van der Waals surface area (Å²) in [6, 6.07) is 70.7. The molecule has 2 unspecified atom stereocenters. The Morgan fingerprint density at radius 2 is 1.25 bits per heavy atom. The van der Waals surface area contributed by atoms with Crippen LogP contribution in [0.2, 0.25) is 0 Å². The fraction of sp³-hybridized carbons (Fsp3) is 0.149. The van der Waals surface area contributed by atoms with E-state index in [4.69, 9.17) is 16.0 Å². The molecular formula is C74H55F3N4O2. The van der Waals surface area contributed by atoms with Crippen LogP contribution in [0, 0.1) is 29.2 Å². The van der Waals surface area contributed by atoms with E-state index >= 15 is 13.2 Å². The molecule has 0 radical (unpaired) electrons. The number of hydrogen-bond acceptors (Lipinski definition) is 5. The van der Waals surface area contributed by atoms with Gasteiger partial charge in [0, 0.05) is 33.5 Å². The van der Waals surface area contributed by atoms with Crippen LogP contribution >= 0.6 is 0 Å². The Morgan fingerprint density at radius 1 is 0.687 bits per heavy atom. The van der Waals surface area contributed by atoms with Gasteiger partial charge >= 0.3 is 11.9 Å². The minimum atomic E-state index is -5.19. The van der Waals surface area contributed by atoms with Gasteiger partial charge in [0.1, 0.15) is 17.6 Å². The molecule has 8 aromatic carbocycles. The van der Waals surface area contributed by atoms with E-state index in [1.54, 1.807) is 24.3 Å². The lowest BCUT2D eigenvalue weighted by atomic mass is 9.65. The van der Waals surface area contributed by atoms with E-state index in [0.29, 0.717) is 35.5 Å². The number of nitrogens with zero attached hydrogens (tertiary/aromatic N) is 4. The van der Waals surface area contributed by atoms with E-state index in [-0.39, 0.29) is 17.0 Å². The van der Waals surface area contributed by atoms with Crippen LogP contribution in [-0.4, -0.2) is 11.7 Å². The smallest absolute Gasteiger partial charge is 0.437 e. The fourth-order valence-corrected chi connectivity index (χ4v) is 13.1.